The zero-order chi connectivity index (χ0) is 21.1. The first kappa shape index (κ1) is 21.8. The van der Waals surface area contributed by atoms with Crippen LogP contribution in [-0.4, -0.2) is 48.4 Å². The molecule has 1 atom stereocenters. The Morgan fingerprint density at radius 3 is 2.54 bits per heavy atom. The second kappa shape index (κ2) is 8.28. The molecule has 1 aliphatic rings. The molecule has 9 heteroatoms. The Kier molecular flexibility index (Phi) is 6.46. The van der Waals surface area contributed by atoms with Crippen molar-refractivity contribution in [3.8, 4) is 5.75 Å². The lowest BCUT2D eigenvalue weighted by Crippen LogP contribution is -2.45. The molecule has 1 aliphatic heterocycles. The number of alkyl halides is 3. The van der Waals surface area contributed by atoms with E-state index in [9.17, 15) is 22.8 Å². The Morgan fingerprint density at radius 1 is 1.25 bits per heavy atom. The van der Waals surface area contributed by atoms with Gasteiger partial charge >= 0.3 is 18.2 Å². The first-order valence-corrected chi connectivity index (χ1v) is 8.99. The highest BCUT2D eigenvalue weighted by atomic mass is 19.4. The van der Waals surface area contributed by atoms with Gasteiger partial charge in [0.1, 0.15) is 18.0 Å². The molecule has 0 spiro atoms. The molecule has 0 aromatic heterocycles. The Morgan fingerprint density at radius 2 is 1.93 bits per heavy atom. The third-order valence-electron chi connectivity index (χ3n) is 4.22. The number of amides is 2. The van der Waals surface area contributed by atoms with Crippen molar-refractivity contribution in [2.24, 2.45) is 0 Å². The van der Waals surface area contributed by atoms with Crippen LogP contribution in [-0.2, 0) is 16.0 Å². The minimum atomic E-state index is -4.90. The minimum absolute atomic E-state index is 0.0386. The summed E-state index contributed by atoms with van der Waals surface area (Å²) in [6, 6.07) is 4.39. The number of carbonyl (C=O) groups excluding carboxylic acids is 2. The number of rotatable bonds is 4. The molecule has 0 radical (unpaired) electrons. The van der Waals surface area contributed by atoms with Crippen LogP contribution in [0.5, 0.6) is 5.75 Å². The summed E-state index contributed by atoms with van der Waals surface area (Å²) in [6.07, 6.45) is -5.19. The zero-order valence-corrected chi connectivity index (χ0v) is 16.4. The monoisotopic (exact) mass is 402 g/mol. The molecule has 2 rings (SSSR count). The first-order chi connectivity index (χ1) is 12.9. The lowest BCUT2D eigenvalue weighted by atomic mass is 9.92. The highest BCUT2D eigenvalue weighted by Crippen LogP contribution is 2.36. The fraction of sp³-hybridized carbons (Fsp3) is 0.579. The molecule has 28 heavy (non-hydrogen) atoms. The second-order valence-corrected chi connectivity index (χ2v) is 7.52. The molecule has 0 bridgehead atoms. The summed E-state index contributed by atoms with van der Waals surface area (Å²) in [7, 11) is 0. The van der Waals surface area contributed by atoms with Crippen LogP contribution in [0.25, 0.3) is 0 Å². The molecule has 1 aromatic rings. The summed E-state index contributed by atoms with van der Waals surface area (Å²) in [5, 5.41) is 2.57. The summed E-state index contributed by atoms with van der Waals surface area (Å²) in [4.78, 5) is 24.1. The fourth-order valence-electron chi connectivity index (χ4n) is 3.04. The third kappa shape index (κ3) is 5.53. The van der Waals surface area contributed by atoms with Crippen molar-refractivity contribution in [3.63, 3.8) is 0 Å². The molecule has 1 unspecified atom stereocenters. The standard InChI is InChI=1S/C19H25F3N2O4/c1-12-13-6-5-7-15(27-11-9-23-17(26)28-18(2,3)4)14(13)8-10-24(12)16(25)19(20,21)22/h5-7,12H,8-11H2,1-4H3,(H,23,26). The smallest absolute Gasteiger partial charge is 0.471 e. The van der Waals surface area contributed by atoms with Gasteiger partial charge < -0.3 is 19.7 Å². The van der Waals surface area contributed by atoms with E-state index >= 15 is 0 Å². The number of benzene rings is 1. The Bertz CT molecular complexity index is 729. The molecular weight excluding hydrogens is 377 g/mol. The van der Waals surface area contributed by atoms with E-state index in [2.05, 4.69) is 5.32 Å². The van der Waals surface area contributed by atoms with E-state index in [0.29, 0.717) is 11.3 Å². The Hall–Kier alpha value is -2.45. The van der Waals surface area contributed by atoms with Gasteiger partial charge in [-0.2, -0.15) is 13.2 Å². The topological polar surface area (TPSA) is 67.9 Å². The van der Waals surface area contributed by atoms with Crippen LogP contribution in [0.3, 0.4) is 0 Å². The van der Waals surface area contributed by atoms with Crippen molar-refractivity contribution in [2.45, 2.75) is 51.9 Å². The van der Waals surface area contributed by atoms with Crippen molar-refractivity contribution in [2.75, 3.05) is 19.7 Å². The quantitative estimate of drug-likeness (QED) is 0.782. The van der Waals surface area contributed by atoms with Crippen LogP contribution in [0.15, 0.2) is 18.2 Å². The maximum absolute atomic E-state index is 12.8. The number of hydrogen-bond donors (Lipinski definition) is 1. The van der Waals surface area contributed by atoms with Gasteiger partial charge in [0.25, 0.3) is 0 Å². The maximum Gasteiger partial charge on any atom is 0.471 e. The molecule has 1 aromatic carbocycles. The predicted molar refractivity (Wildman–Crippen MR) is 96.1 cm³/mol. The SMILES string of the molecule is CC1c2cccc(OCCNC(=O)OC(C)(C)C)c2CCN1C(=O)C(F)(F)F. The van der Waals surface area contributed by atoms with Crippen LogP contribution < -0.4 is 10.1 Å². The van der Waals surface area contributed by atoms with Gasteiger partial charge in [-0.25, -0.2) is 4.79 Å². The molecule has 0 saturated carbocycles. The number of carbonyl (C=O) groups is 2. The Labute approximate surface area is 162 Å². The third-order valence-corrected chi connectivity index (χ3v) is 4.22. The number of ether oxygens (including phenoxy) is 2. The fourth-order valence-corrected chi connectivity index (χ4v) is 3.04. The normalized spacial score (nSPS) is 17.0. The molecule has 0 fully saturated rings. The van der Waals surface area contributed by atoms with E-state index in [1.165, 1.54) is 0 Å². The van der Waals surface area contributed by atoms with Crippen molar-refractivity contribution in [1.29, 1.82) is 0 Å². The number of halogens is 3. The lowest BCUT2D eigenvalue weighted by Gasteiger charge is -2.36. The average Bonchev–Trinajstić information content (AvgIpc) is 2.56. The zero-order valence-electron chi connectivity index (χ0n) is 16.4. The van der Waals surface area contributed by atoms with E-state index in [0.717, 1.165) is 10.5 Å². The summed E-state index contributed by atoms with van der Waals surface area (Å²) in [5.74, 6) is -1.30. The summed E-state index contributed by atoms with van der Waals surface area (Å²) in [5.41, 5.74) is 0.805. The molecule has 2 amide bonds. The molecular formula is C19H25F3N2O4. The van der Waals surface area contributed by atoms with E-state index in [1.54, 1.807) is 45.9 Å². The van der Waals surface area contributed by atoms with Gasteiger partial charge in [0.05, 0.1) is 12.6 Å². The van der Waals surface area contributed by atoms with Crippen LogP contribution >= 0.6 is 0 Å². The Balaban J connectivity index is 1.98. The predicted octanol–water partition coefficient (Wildman–Crippen LogP) is 3.60. The van der Waals surface area contributed by atoms with Crippen molar-refractivity contribution in [1.82, 2.24) is 10.2 Å². The number of hydrogen-bond acceptors (Lipinski definition) is 4. The van der Waals surface area contributed by atoms with E-state index in [-0.39, 0.29) is 26.1 Å². The maximum atomic E-state index is 12.8. The van der Waals surface area contributed by atoms with Crippen LogP contribution in [0.2, 0.25) is 0 Å². The van der Waals surface area contributed by atoms with E-state index < -0.39 is 29.8 Å². The number of nitrogens with zero attached hydrogens (tertiary/aromatic N) is 1. The van der Waals surface area contributed by atoms with Crippen molar-refractivity contribution < 1.29 is 32.2 Å². The van der Waals surface area contributed by atoms with Gasteiger partial charge in [-0.15, -0.1) is 0 Å². The molecule has 6 nitrogen and oxygen atoms in total. The van der Waals surface area contributed by atoms with Gasteiger partial charge in [-0.05, 0) is 45.7 Å². The number of nitrogens with one attached hydrogen (secondary N) is 1. The van der Waals surface area contributed by atoms with Gasteiger partial charge in [0.2, 0.25) is 0 Å². The second-order valence-electron chi connectivity index (χ2n) is 7.52. The number of alkyl carbamates (subject to hydrolysis) is 1. The first-order valence-electron chi connectivity index (χ1n) is 8.99. The van der Waals surface area contributed by atoms with Gasteiger partial charge in [-0.3, -0.25) is 4.79 Å². The van der Waals surface area contributed by atoms with E-state index in [1.807, 2.05) is 0 Å². The van der Waals surface area contributed by atoms with Crippen LogP contribution in [0.1, 0.15) is 44.9 Å². The van der Waals surface area contributed by atoms with Crippen LogP contribution in [0.4, 0.5) is 18.0 Å². The average molecular weight is 402 g/mol. The molecule has 1 heterocycles. The molecule has 0 saturated heterocycles. The molecule has 156 valence electrons. The summed E-state index contributed by atoms with van der Waals surface area (Å²) in [6.45, 7) is 7.19. The summed E-state index contributed by atoms with van der Waals surface area (Å²) < 4.78 is 49.1. The molecule has 0 aliphatic carbocycles. The molecule has 1 N–H and O–H groups in total. The van der Waals surface area contributed by atoms with Gasteiger partial charge in [0, 0.05) is 12.1 Å². The van der Waals surface area contributed by atoms with E-state index in [4.69, 9.17) is 9.47 Å². The largest absolute Gasteiger partial charge is 0.491 e. The van der Waals surface area contributed by atoms with Crippen LogP contribution in [0, 0.1) is 0 Å². The van der Waals surface area contributed by atoms with Crippen molar-refractivity contribution >= 4 is 12.0 Å². The highest BCUT2D eigenvalue weighted by Gasteiger charge is 2.45. The highest BCUT2D eigenvalue weighted by molar-refractivity contribution is 5.82. The number of fused-ring (bicyclic) bond motifs is 1. The minimum Gasteiger partial charge on any atom is -0.491 e. The lowest BCUT2D eigenvalue weighted by molar-refractivity contribution is -0.188. The van der Waals surface area contributed by atoms with Gasteiger partial charge in [0.15, 0.2) is 0 Å². The van der Waals surface area contributed by atoms with Crippen molar-refractivity contribution in [3.05, 3.63) is 29.3 Å². The summed E-state index contributed by atoms with van der Waals surface area (Å²) >= 11 is 0. The van der Waals surface area contributed by atoms with Gasteiger partial charge in [-0.1, -0.05) is 12.1 Å².